The maximum atomic E-state index is 9.77. The number of aliphatic hydroxyl groups excluding tert-OH is 1. The second-order valence-corrected chi connectivity index (χ2v) is 5.46. The summed E-state index contributed by atoms with van der Waals surface area (Å²) < 4.78 is 5.34. The lowest BCUT2D eigenvalue weighted by Crippen LogP contribution is -2.44. The van der Waals surface area contributed by atoms with Gasteiger partial charge in [0.1, 0.15) is 18.2 Å². The fourth-order valence-corrected chi connectivity index (χ4v) is 2.72. The fraction of sp³-hybridized carbons (Fsp3) is 0.714. The molecule has 1 aromatic heterocycles. The quantitative estimate of drug-likeness (QED) is 0.445. The van der Waals surface area contributed by atoms with E-state index in [1.807, 2.05) is 6.92 Å². The highest BCUT2D eigenvalue weighted by atomic mass is 16.5. The van der Waals surface area contributed by atoms with Gasteiger partial charge in [0.2, 0.25) is 0 Å². The molecule has 1 fully saturated rings. The number of nitrogen functional groups attached to an aromatic ring is 1. The van der Waals surface area contributed by atoms with Gasteiger partial charge in [0.25, 0.3) is 0 Å². The normalized spacial score (nSPS) is 17.5. The average Bonchev–Trinajstić information content (AvgIpc) is 2.53. The number of hydrogen-bond donors (Lipinski definition) is 4. The summed E-state index contributed by atoms with van der Waals surface area (Å²) in [7, 11) is 0. The molecule has 0 unspecified atom stereocenters. The minimum atomic E-state index is -0.290. The summed E-state index contributed by atoms with van der Waals surface area (Å²) in [6.45, 7) is 2.97. The Bertz CT molecular complexity index is 449. The van der Waals surface area contributed by atoms with Gasteiger partial charge in [-0.15, -0.1) is 0 Å². The van der Waals surface area contributed by atoms with Crippen molar-refractivity contribution in [1.82, 2.24) is 9.97 Å². The second-order valence-electron chi connectivity index (χ2n) is 5.46. The first kappa shape index (κ1) is 15.9. The molecule has 1 heterocycles. The predicted octanol–water partition coefficient (Wildman–Crippen LogP) is 1.41. The highest BCUT2D eigenvalue weighted by Gasteiger charge is 2.31. The van der Waals surface area contributed by atoms with Crippen molar-refractivity contribution in [2.45, 2.75) is 51.2 Å². The highest BCUT2D eigenvalue weighted by molar-refractivity contribution is 5.48. The van der Waals surface area contributed by atoms with Crippen LogP contribution in [0.4, 0.5) is 11.6 Å². The Balaban J connectivity index is 2.16. The van der Waals surface area contributed by atoms with Crippen molar-refractivity contribution < 1.29 is 9.84 Å². The molecule has 0 spiro atoms. The minimum Gasteiger partial charge on any atom is -0.394 e. The van der Waals surface area contributed by atoms with E-state index in [9.17, 15) is 5.11 Å². The Kier molecular flexibility index (Phi) is 5.72. The topological polar surface area (TPSA) is 105 Å². The maximum Gasteiger partial charge on any atom is 0.158 e. The van der Waals surface area contributed by atoms with Crippen molar-refractivity contribution >= 4 is 11.6 Å². The number of nitrogens with two attached hydrogens (primary N) is 1. The van der Waals surface area contributed by atoms with Gasteiger partial charge in [0.05, 0.1) is 12.1 Å². The second kappa shape index (κ2) is 7.53. The minimum absolute atomic E-state index is 0.100. The number of rotatable bonds is 7. The molecule has 118 valence electrons. The fourth-order valence-electron chi connectivity index (χ4n) is 2.72. The van der Waals surface area contributed by atoms with Gasteiger partial charge in [0.15, 0.2) is 5.82 Å². The molecule has 0 aromatic carbocycles. The number of nitrogens with zero attached hydrogens (tertiary/aromatic N) is 2. The lowest BCUT2D eigenvalue weighted by molar-refractivity contribution is 0.128. The average molecular weight is 295 g/mol. The molecular weight excluding hydrogens is 270 g/mol. The molecule has 0 saturated heterocycles. The molecule has 1 aliphatic rings. The molecule has 0 radical (unpaired) electrons. The molecule has 7 heteroatoms. The zero-order valence-corrected chi connectivity index (χ0v) is 12.6. The van der Waals surface area contributed by atoms with Gasteiger partial charge in [-0.1, -0.05) is 19.3 Å². The highest BCUT2D eigenvalue weighted by Crippen LogP contribution is 2.31. The van der Waals surface area contributed by atoms with E-state index in [4.69, 9.17) is 10.6 Å². The van der Waals surface area contributed by atoms with Gasteiger partial charge in [-0.2, -0.15) is 0 Å². The number of hydrazine groups is 1. The van der Waals surface area contributed by atoms with Crippen LogP contribution in [0.25, 0.3) is 0 Å². The van der Waals surface area contributed by atoms with E-state index in [2.05, 4.69) is 20.7 Å². The first-order valence-corrected chi connectivity index (χ1v) is 7.53. The zero-order valence-electron chi connectivity index (χ0n) is 12.6. The molecule has 1 aliphatic carbocycles. The Hall–Kier alpha value is -1.44. The number of aromatic nitrogens is 2. The number of aliphatic hydroxyl groups is 1. The van der Waals surface area contributed by atoms with E-state index >= 15 is 0 Å². The van der Waals surface area contributed by atoms with Crippen LogP contribution in [0.3, 0.4) is 0 Å². The lowest BCUT2D eigenvalue weighted by Gasteiger charge is -2.37. The van der Waals surface area contributed by atoms with E-state index in [0.717, 1.165) is 25.7 Å². The van der Waals surface area contributed by atoms with Gasteiger partial charge < -0.3 is 20.6 Å². The van der Waals surface area contributed by atoms with Crippen molar-refractivity contribution in [3.05, 3.63) is 11.9 Å². The van der Waals surface area contributed by atoms with Gasteiger partial charge in [-0.3, -0.25) is 0 Å². The van der Waals surface area contributed by atoms with Crippen LogP contribution < -0.4 is 16.6 Å². The van der Waals surface area contributed by atoms with E-state index in [-0.39, 0.29) is 12.1 Å². The van der Waals surface area contributed by atoms with Crippen LogP contribution in [0.15, 0.2) is 6.07 Å². The molecular formula is C14H25N5O2. The Morgan fingerprint density at radius 2 is 2.00 bits per heavy atom. The third-order valence-electron chi connectivity index (χ3n) is 3.86. The van der Waals surface area contributed by atoms with Gasteiger partial charge >= 0.3 is 0 Å². The monoisotopic (exact) mass is 295 g/mol. The number of ether oxygens (including phenoxy) is 1. The third kappa shape index (κ3) is 4.26. The van der Waals surface area contributed by atoms with Crippen molar-refractivity contribution in [1.29, 1.82) is 0 Å². The van der Waals surface area contributed by atoms with E-state index in [1.165, 1.54) is 6.42 Å². The van der Waals surface area contributed by atoms with E-state index in [1.54, 1.807) is 6.07 Å². The summed E-state index contributed by atoms with van der Waals surface area (Å²) >= 11 is 0. The first-order valence-electron chi connectivity index (χ1n) is 7.53. The van der Waals surface area contributed by atoms with Crippen molar-refractivity contribution in [2.75, 3.05) is 24.0 Å². The Morgan fingerprint density at radius 3 is 2.62 bits per heavy atom. The van der Waals surface area contributed by atoms with Crippen LogP contribution in [0, 0.1) is 0 Å². The van der Waals surface area contributed by atoms with Crippen LogP contribution in [-0.2, 0) is 11.3 Å². The van der Waals surface area contributed by atoms with Gasteiger partial charge in [-0.05, 0) is 19.8 Å². The van der Waals surface area contributed by atoms with Crippen LogP contribution >= 0.6 is 0 Å². The largest absolute Gasteiger partial charge is 0.394 e. The van der Waals surface area contributed by atoms with E-state index < -0.39 is 0 Å². The summed E-state index contributed by atoms with van der Waals surface area (Å²) in [6, 6.07) is 1.75. The summed E-state index contributed by atoms with van der Waals surface area (Å²) in [5, 5.41) is 13.2. The first-order chi connectivity index (χ1) is 10.2. The molecule has 0 amide bonds. The number of nitrogens with one attached hydrogen (secondary N) is 2. The molecule has 1 aromatic rings. The summed E-state index contributed by atoms with van der Waals surface area (Å²) in [4.78, 5) is 8.71. The van der Waals surface area contributed by atoms with Crippen molar-refractivity contribution in [3.63, 3.8) is 0 Å². The molecule has 0 aliphatic heterocycles. The molecule has 2 rings (SSSR count). The molecule has 0 atom stereocenters. The Morgan fingerprint density at radius 1 is 1.29 bits per heavy atom. The smallest absolute Gasteiger partial charge is 0.158 e. The SMILES string of the molecule is CCOCc1nc(NN)cc(NC2(CO)CCCCC2)n1. The zero-order chi connectivity index (χ0) is 15.1. The van der Waals surface area contributed by atoms with Crippen molar-refractivity contribution in [3.8, 4) is 0 Å². The maximum absolute atomic E-state index is 9.77. The van der Waals surface area contributed by atoms with Crippen molar-refractivity contribution in [2.24, 2.45) is 5.84 Å². The predicted molar refractivity (Wildman–Crippen MR) is 81.7 cm³/mol. The number of anilines is 2. The number of hydrogen-bond acceptors (Lipinski definition) is 7. The summed E-state index contributed by atoms with van der Waals surface area (Å²) in [6.07, 6.45) is 5.34. The Labute approximate surface area is 125 Å². The standard InChI is InChI=1S/C14H25N5O2/c1-2-21-9-13-16-11(8-12(17-13)19-15)18-14(10-20)6-4-3-5-7-14/h8,20H,2-7,9-10,15H2,1H3,(H2,16,17,18,19). The van der Waals surface area contributed by atoms with Gasteiger partial charge in [-0.25, -0.2) is 15.8 Å². The van der Waals surface area contributed by atoms with Crippen LogP contribution in [0.5, 0.6) is 0 Å². The molecule has 7 nitrogen and oxygen atoms in total. The van der Waals surface area contributed by atoms with Crippen LogP contribution in [0.2, 0.25) is 0 Å². The lowest BCUT2D eigenvalue weighted by atomic mass is 9.82. The van der Waals surface area contributed by atoms with E-state index in [0.29, 0.717) is 30.7 Å². The van der Waals surface area contributed by atoms with Crippen LogP contribution in [-0.4, -0.2) is 33.8 Å². The molecule has 1 saturated carbocycles. The third-order valence-corrected chi connectivity index (χ3v) is 3.86. The molecule has 21 heavy (non-hydrogen) atoms. The summed E-state index contributed by atoms with van der Waals surface area (Å²) in [5.41, 5.74) is 2.25. The van der Waals surface area contributed by atoms with Gasteiger partial charge in [0, 0.05) is 12.7 Å². The summed E-state index contributed by atoms with van der Waals surface area (Å²) in [5.74, 6) is 7.23. The van der Waals surface area contributed by atoms with Crippen LogP contribution in [0.1, 0.15) is 44.9 Å². The molecule has 5 N–H and O–H groups in total. The molecule has 0 bridgehead atoms.